The average molecular weight is 544 g/mol. The van der Waals surface area contributed by atoms with Crippen LogP contribution >= 0.6 is 11.8 Å². The van der Waals surface area contributed by atoms with Crippen LogP contribution in [0.15, 0.2) is 59.5 Å². The van der Waals surface area contributed by atoms with E-state index in [-0.39, 0.29) is 36.9 Å². The van der Waals surface area contributed by atoms with Crippen LogP contribution in [0.1, 0.15) is 22.8 Å². The smallest absolute Gasteiger partial charge is 0.451 e. The second-order valence-corrected chi connectivity index (χ2v) is 9.55. The van der Waals surface area contributed by atoms with Crippen molar-refractivity contribution < 1.29 is 32.3 Å². The predicted octanol–water partition coefficient (Wildman–Crippen LogP) is 3.95. The largest absolute Gasteiger partial charge is 0.489 e. The summed E-state index contributed by atoms with van der Waals surface area (Å²) >= 11 is 0.650. The molecular weight excluding hydrogens is 523 g/mol. The van der Waals surface area contributed by atoms with Crippen LogP contribution < -0.4 is 4.74 Å². The van der Waals surface area contributed by atoms with Gasteiger partial charge in [0.15, 0.2) is 0 Å². The van der Waals surface area contributed by atoms with Crippen molar-refractivity contribution in [2.75, 3.05) is 13.1 Å². The first-order valence-electron chi connectivity index (χ1n) is 11.5. The van der Waals surface area contributed by atoms with Gasteiger partial charge in [-0.05, 0) is 41.1 Å². The van der Waals surface area contributed by atoms with Gasteiger partial charge in [0.05, 0.1) is 18.0 Å². The highest BCUT2D eigenvalue weighted by Crippen LogP contribution is 2.33. The molecule has 9 nitrogen and oxygen atoms in total. The number of ether oxygens (including phenoxy) is 1. The van der Waals surface area contributed by atoms with Crippen LogP contribution in [-0.4, -0.2) is 54.7 Å². The molecule has 2 aliphatic heterocycles. The summed E-state index contributed by atoms with van der Waals surface area (Å²) in [5.41, 5.74) is 1.67. The van der Waals surface area contributed by atoms with Crippen molar-refractivity contribution in [3.8, 4) is 5.75 Å². The molecule has 1 saturated heterocycles. The summed E-state index contributed by atoms with van der Waals surface area (Å²) in [6, 6.07) is 16.6. The fourth-order valence-corrected chi connectivity index (χ4v) is 4.89. The minimum atomic E-state index is -4.63. The lowest BCUT2D eigenvalue weighted by atomic mass is 10.2. The molecule has 0 spiro atoms. The van der Waals surface area contributed by atoms with E-state index in [1.165, 1.54) is 11.0 Å². The van der Waals surface area contributed by atoms with Crippen LogP contribution in [0.5, 0.6) is 5.75 Å². The molecule has 0 N–H and O–H groups in total. The van der Waals surface area contributed by atoms with Crippen molar-refractivity contribution >= 4 is 34.9 Å². The van der Waals surface area contributed by atoms with Gasteiger partial charge in [0.2, 0.25) is 5.82 Å². The van der Waals surface area contributed by atoms with Crippen LogP contribution in [0.25, 0.3) is 6.08 Å². The van der Waals surface area contributed by atoms with Crippen LogP contribution in [0.3, 0.4) is 0 Å². The molecule has 3 amide bonds. The Kier molecular flexibility index (Phi) is 7.04. The van der Waals surface area contributed by atoms with Gasteiger partial charge in [0, 0.05) is 13.1 Å². The molecule has 2 aliphatic rings. The molecule has 5 rings (SSSR count). The second kappa shape index (κ2) is 10.4. The summed E-state index contributed by atoms with van der Waals surface area (Å²) in [7, 11) is 0. The summed E-state index contributed by atoms with van der Waals surface area (Å²) in [6.07, 6.45) is -3.12. The summed E-state index contributed by atoms with van der Waals surface area (Å²) in [6.45, 7) is 0.0363. The predicted molar refractivity (Wildman–Crippen MR) is 130 cm³/mol. The van der Waals surface area contributed by atoms with Gasteiger partial charge in [0.25, 0.3) is 17.1 Å². The summed E-state index contributed by atoms with van der Waals surface area (Å²) in [5.74, 6) is -1.90. The number of hydrogen-bond acceptors (Lipinski definition) is 8. The SMILES string of the molecule is O=C(CN1CCn2c(nnc2C(F)(F)F)C1)N1C(=O)S/C(=C\c2ccc(OCc3ccccc3)cc2)C1=O. The third-order valence-electron chi connectivity index (χ3n) is 5.91. The first-order valence-corrected chi connectivity index (χ1v) is 12.3. The van der Waals surface area contributed by atoms with Crippen molar-refractivity contribution in [2.45, 2.75) is 25.9 Å². The molecule has 38 heavy (non-hydrogen) atoms. The van der Waals surface area contributed by atoms with Gasteiger partial charge in [0.1, 0.15) is 18.2 Å². The van der Waals surface area contributed by atoms with E-state index in [1.807, 2.05) is 30.3 Å². The third kappa shape index (κ3) is 5.48. The van der Waals surface area contributed by atoms with Crippen LogP contribution in [0.4, 0.5) is 18.0 Å². The number of halogens is 3. The normalized spacial score (nSPS) is 17.2. The van der Waals surface area contributed by atoms with Crippen molar-refractivity contribution in [2.24, 2.45) is 0 Å². The van der Waals surface area contributed by atoms with E-state index in [1.54, 1.807) is 24.3 Å². The number of aromatic nitrogens is 3. The Balaban J connectivity index is 1.20. The van der Waals surface area contributed by atoms with Crippen LogP contribution in [0, 0.1) is 0 Å². The van der Waals surface area contributed by atoms with E-state index < -0.39 is 29.1 Å². The van der Waals surface area contributed by atoms with E-state index in [0.717, 1.165) is 10.1 Å². The highest BCUT2D eigenvalue weighted by atomic mass is 32.2. The Bertz CT molecular complexity index is 1410. The first kappa shape index (κ1) is 25.7. The van der Waals surface area contributed by atoms with Gasteiger partial charge < -0.3 is 9.30 Å². The lowest BCUT2D eigenvalue weighted by Crippen LogP contribution is -2.45. The fourth-order valence-electron chi connectivity index (χ4n) is 4.05. The van der Waals surface area contributed by atoms with Crippen LogP contribution in [-0.2, 0) is 35.5 Å². The minimum Gasteiger partial charge on any atom is -0.489 e. The zero-order chi connectivity index (χ0) is 26.9. The van der Waals surface area contributed by atoms with Crippen molar-refractivity contribution in [1.29, 1.82) is 0 Å². The molecule has 13 heteroatoms. The number of amides is 3. The van der Waals surface area contributed by atoms with Crippen molar-refractivity contribution in [1.82, 2.24) is 24.6 Å². The van der Waals surface area contributed by atoms with Crippen LogP contribution in [0.2, 0.25) is 0 Å². The number of alkyl halides is 3. The Morgan fingerprint density at radius 1 is 1.03 bits per heavy atom. The molecule has 196 valence electrons. The van der Waals surface area contributed by atoms with Gasteiger partial charge in [-0.15, -0.1) is 10.2 Å². The summed E-state index contributed by atoms with van der Waals surface area (Å²) < 4.78 is 45.8. The Hall–Kier alpha value is -3.97. The molecule has 1 aromatic heterocycles. The van der Waals surface area contributed by atoms with Gasteiger partial charge >= 0.3 is 6.18 Å². The summed E-state index contributed by atoms with van der Waals surface area (Å²) in [5, 5.41) is 6.04. The Labute approximate surface area is 218 Å². The average Bonchev–Trinajstić information content (AvgIpc) is 3.44. The molecule has 0 aliphatic carbocycles. The number of benzene rings is 2. The molecule has 0 atom stereocenters. The number of carbonyl (C=O) groups is 3. The van der Waals surface area contributed by atoms with E-state index in [0.29, 0.717) is 34.6 Å². The molecular formula is C25H20F3N5O4S. The minimum absolute atomic E-state index is 0.0570. The lowest BCUT2D eigenvalue weighted by Gasteiger charge is -2.27. The summed E-state index contributed by atoms with van der Waals surface area (Å²) in [4.78, 5) is 40.3. The van der Waals surface area contributed by atoms with Crippen molar-refractivity contribution in [3.05, 3.63) is 82.3 Å². The Morgan fingerprint density at radius 3 is 2.47 bits per heavy atom. The molecule has 3 heterocycles. The quantitative estimate of drug-likeness (QED) is 0.431. The van der Waals surface area contributed by atoms with Crippen molar-refractivity contribution in [3.63, 3.8) is 0 Å². The zero-order valence-electron chi connectivity index (χ0n) is 19.7. The number of imide groups is 3. The molecule has 0 bridgehead atoms. The second-order valence-electron chi connectivity index (χ2n) is 8.55. The molecule has 0 unspecified atom stereocenters. The highest BCUT2D eigenvalue weighted by Gasteiger charge is 2.42. The van der Waals surface area contributed by atoms with E-state index in [2.05, 4.69) is 10.2 Å². The maximum Gasteiger partial charge on any atom is 0.451 e. The van der Waals surface area contributed by atoms with Gasteiger partial charge in [-0.3, -0.25) is 19.3 Å². The first-order chi connectivity index (χ1) is 18.2. The number of carbonyl (C=O) groups excluding carboxylic acids is 3. The zero-order valence-corrected chi connectivity index (χ0v) is 20.5. The maximum atomic E-state index is 13.0. The number of fused-ring (bicyclic) bond motifs is 1. The molecule has 0 radical (unpaired) electrons. The number of nitrogens with zero attached hydrogens (tertiary/aromatic N) is 5. The lowest BCUT2D eigenvalue weighted by molar-refractivity contribution is -0.148. The van der Waals surface area contributed by atoms with Gasteiger partial charge in [-0.2, -0.15) is 13.2 Å². The molecule has 1 fully saturated rings. The maximum absolute atomic E-state index is 13.0. The molecule has 3 aromatic rings. The van der Waals surface area contributed by atoms with Gasteiger partial charge in [-0.1, -0.05) is 42.5 Å². The third-order valence-corrected chi connectivity index (χ3v) is 6.78. The topological polar surface area (TPSA) is 97.6 Å². The number of thioether (sulfide) groups is 1. The standard InChI is InChI=1S/C25H20F3N5O4S/c26-25(27,28)23-30-29-20-13-31(10-11-32(20)23)14-21(34)33-22(35)19(38-24(33)36)12-16-6-8-18(9-7-16)37-15-17-4-2-1-3-5-17/h1-9,12H,10-11,13-15H2/b19-12-. The molecule has 0 saturated carbocycles. The number of rotatable bonds is 6. The highest BCUT2D eigenvalue weighted by molar-refractivity contribution is 8.18. The monoisotopic (exact) mass is 543 g/mol. The van der Waals surface area contributed by atoms with E-state index >= 15 is 0 Å². The van der Waals surface area contributed by atoms with Gasteiger partial charge in [-0.25, -0.2) is 4.90 Å². The fraction of sp³-hybridized carbons (Fsp3) is 0.240. The molecule has 2 aromatic carbocycles. The number of hydrogen-bond donors (Lipinski definition) is 0. The Morgan fingerprint density at radius 2 is 1.76 bits per heavy atom. The van der Waals surface area contributed by atoms with E-state index in [4.69, 9.17) is 4.74 Å². The van der Waals surface area contributed by atoms with E-state index in [9.17, 15) is 27.6 Å².